The molecule has 53 heavy (non-hydrogen) atoms. The SMILES string of the molecule is C=C(S)c1cc(C(=O)Nc2c(C)cc(CNC(=O)OC(C)(C)C)cc2C)c(-c2ccc(C(=O)NC34CCC(CC3)CC4)nc2C(=O)OC)cc1OCC. The average Bonchev–Trinajstić information content (AvgIpc) is 3.11. The van der Waals surface area contributed by atoms with Crippen LogP contribution in [-0.2, 0) is 16.0 Å². The molecule has 6 rings (SSSR count). The Kier molecular flexibility index (Phi) is 11.9. The van der Waals surface area contributed by atoms with Crippen LogP contribution in [0.2, 0.25) is 0 Å². The van der Waals surface area contributed by atoms with Crippen LogP contribution in [-0.4, -0.2) is 53.7 Å². The van der Waals surface area contributed by atoms with Gasteiger partial charge in [-0.25, -0.2) is 14.6 Å². The molecule has 2 bridgehead atoms. The molecule has 3 N–H and O–H groups in total. The first-order valence-corrected chi connectivity index (χ1v) is 18.5. The Hall–Kier alpha value is -4.84. The third-order valence-corrected chi connectivity index (χ3v) is 10.2. The van der Waals surface area contributed by atoms with E-state index >= 15 is 0 Å². The fourth-order valence-electron chi connectivity index (χ4n) is 7.31. The number of fused-ring (bicyclic) bond motifs is 3. The zero-order valence-electron chi connectivity index (χ0n) is 31.7. The number of anilines is 1. The highest BCUT2D eigenvalue weighted by atomic mass is 32.1. The van der Waals surface area contributed by atoms with Crippen LogP contribution in [0.5, 0.6) is 5.75 Å². The first kappa shape index (κ1) is 39.4. The molecule has 1 heterocycles. The van der Waals surface area contributed by atoms with Crippen LogP contribution in [0.4, 0.5) is 10.5 Å². The van der Waals surface area contributed by atoms with E-state index < -0.39 is 23.6 Å². The van der Waals surface area contributed by atoms with Gasteiger partial charge in [-0.2, -0.15) is 0 Å². The average molecular weight is 743 g/mol. The van der Waals surface area contributed by atoms with Crippen molar-refractivity contribution in [3.63, 3.8) is 0 Å². The van der Waals surface area contributed by atoms with E-state index in [1.54, 1.807) is 45.0 Å². The highest BCUT2D eigenvalue weighted by molar-refractivity contribution is 7.90. The lowest BCUT2D eigenvalue weighted by molar-refractivity contribution is 0.0521. The maximum Gasteiger partial charge on any atom is 0.407 e. The number of esters is 1. The molecule has 2 aromatic carbocycles. The summed E-state index contributed by atoms with van der Waals surface area (Å²) in [4.78, 5) is 58.4. The van der Waals surface area contributed by atoms with Gasteiger partial charge in [0.05, 0.1) is 13.7 Å². The first-order chi connectivity index (χ1) is 25.0. The summed E-state index contributed by atoms with van der Waals surface area (Å²) in [5.74, 6) is -0.462. The number of amides is 3. The number of rotatable bonds is 11. The van der Waals surface area contributed by atoms with Crippen molar-refractivity contribution in [1.29, 1.82) is 0 Å². The molecule has 0 spiro atoms. The number of ether oxygens (including phenoxy) is 3. The lowest BCUT2D eigenvalue weighted by atomic mass is 9.66. The van der Waals surface area contributed by atoms with Crippen molar-refractivity contribution in [3.05, 3.63) is 82.2 Å². The Balaban J connectivity index is 1.52. The summed E-state index contributed by atoms with van der Waals surface area (Å²) < 4.78 is 16.4. The number of carbonyl (C=O) groups is 4. The third kappa shape index (κ3) is 9.22. The van der Waals surface area contributed by atoms with Gasteiger partial charge in [0.25, 0.3) is 11.8 Å². The summed E-state index contributed by atoms with van der Waals surface area (Å²) in [7, 11) is 1.24. The van der Waals surface area contributed by atoms with Crippen LogP contribution in [0.25, 0.3) is 16.0 Å². The van der Waals surface area contributed by atoms with Gasteiger partial charge in [0.1, 0.15) is 17.0 Å². The summed E-state index contributed by atoms with van der Waals surface area (Å²) in [6.45, 7) is 15.5. The smallest absolute Gasteiger partial charge is 0.407 e. The summed E-state index contributed by atoms with van der Waals surface area (Å²) in [5.41, 5.74) is 3.32. The Labute approximate surface area is 317 Å². The number of hydrogen-bond acceptors (Lipinski definition) is 9. The van der Waals surface area contributed by atoms with E-state index in [9.17, 15) is 19.2 Å². The van der Waals surface area contributed by atoms with Gasteiger partial charge in [-0.05, 0) is 127 Å². The predicted octanol–water partition coefficient (Wildman–Crippen LogP) is 8.18. The molecule has 3 aliphatic rings. The van der Waals surface area contributed by atoms with E-state index in [1.165, 1.54) is 7.11 Å². The number of nitrogens with one attached hydrogen (secondary N) is 3. The number of aryl methyl sites for hydroxylation is 2. The van der Waals surface area contributed by atoms with Crippen molar-refractivity contribution in [2.75, 3.05) is 19.0 Å². The summed E-state index contributed by atoms with van der Waals surface area (Å²) in [6.07, 6.45) is 5.54. The second-order valence-corrected chi connectivity index (χ2v) is 15.5. The van der Waals surface area contributed by atoms with Crippen LogP contribution in [0, 0.1) is 19.8 Å². The molecule has 0 saturated heterocycles. The topological polar surface area (TPSA) is 145 Å². The standard InChI is InChI=1S/C41H50N4O7S/c1-9-51-33-21-30(28-10-11-32(43-35(28)38(48)50-8)37(47)45-41-15-12-26(13-16-41)14-17-41)31(20-29(33)25(4)53)36(46)44-34-23(2)18-27(19-24(34)3)22-42-39(49)52-40(5,6)7/h10-11,18-21,26,53H,4,9,12-17,22H2,1-3,5-8H3,(H,42,49)(H,44,46)(H,45,47). The molecule has 1 aromatic heterocycles. The number of benzene rings is 2. The molecule has 0 unspecified atom stereocenters. The molecule has 3 amide bonds. The molecular weight excluding hydrogens is 693 g/mol. The Morgan fingerprint density at radius 3 is 2.15 bits per heavy atom. The normalized spacial score (nSPS) is 17.8. The number of methoxy groups -OCH3 is 1. The number of carbonyl (C=O) groups excluding carboxylic acids is 4. The van der Waals surface area contributed by atoms with Gasteiger partial charge in [-0.15, -0.1) is 12.6 Å². The minimum Gasteiger partial charge on any atom is -0.493 e. The van der Waals surface area contributed by atoms with E-state index in [4.69, 9.17) is 14.2 Å². The number of nitrogens with zero attached hydrogens (tertiary/aromatic N) is 1. The molecule has 0 atom stereocenters. The first-order valence-electron chi connectivity index (χ1n) is 18.0. The number of hydrogen-bond donors (Lipinski definition) is 4. The third-order valence-electron chi connectivity index (χ3n) is 9.91. The molecule has 3 aromatic rings. The van der Waals surface area contributed by atoms with Crippen LogP contribution in [0.15, 0.2) is 43.0 Å². The second kappa shape index (κ2) is 16.0. The van der Waals surface area contributed by atoms with Crippen molar-refractivity contribution < 1.29 is 33.4 Å². The molecule has 12 heteroatoms. The maximum atomic E-state index is 14.3. The molecule has 3 fully saturated rings. The molecule has 3 saturated carbocycles. The van der Waals surface area contributed by atoms with Crippen LogP contribution in [0.3, 0.4) is 0 Å². The van der Waals surface area contributed by atoms with Crippen molar-refractivity contribution in [3.8, 4) is 16.9 Å². The second-order valence-electron chi connectivity index (χ2n) is 15.0. The van der Waals surface area contributed by atoms with Gasteiger partial charge >= 0.3 is 12.1 Å². The quantitative estimate of drug-likeness (QED) is 0.114. The van der Waals surface area contributed by atoms with Gasteiger partial charge in [0, 0.05) is 44.9 Å². The van der Waals surface area contributed by atoms with Crippen molar-refractivity contribution in [1.82, 2.24) is 15.6 Å². The monoisotopic (exact) mass is 742 g/mol. The summed E-state index contributed by atoms with van der Waals surface area (Å²) in [6, 6.07) is 10.2. The Bertz CT molecular complexity index is 1910. The van der Waals surface area contributed by atoms with E-state index in [0.717, 1.165) is 61.1 Å². The Morgan fingerprint density at radius 1 is 0.943 bits per heavy atom. The number of thiol groups is 1. The molecule has 0 aliphatic heterocycles. The molecule has 11 nitrogen and oxygen atoms in total. The number of alkyl carbamates (subject to hydrolysis) is 1. The van der Waals surface area contributed by atoms with Gasteiger partial charge in [0.2, 0.25) is 0 Å². The minimum absolute atomic E-state index is 0.0834. The lowest BCUT2D eigenvalue weighted by Gasteiger charge is -2.46. The fourth-order valence-corrected chi connectivity index (χ4v) is 7.48. The van der Waals surface area contributed by atoms with Crippen LogP contribution in [0.1, 0.15) is 120 Å². The zero-order valence-corrected chi connectivity index (χ0v) is 32.6. The largest absolute Gasteiger partial charge is 0.493 e. The molecular formula is C41H50N4O7S. The maximum absolute atomic E-state index is 14.3. The van der Waals surface area contributed by atoms with Gasteiger partial charge in [-0.1, -0.05) is 18.7 Å². The summed E-state index contributed by atoms with van der Waals surface area (Å²) in [5, 5.41) is 9.05. The van der Waals surface area contributed by atoms with Gasteiger partial charge in [0.15, 0.2) is 5.69 Å². The van der Waals surface area contributed by atoms with E-state index in [2.05, 4.69) is 40.1 Å². The van der Waals surface area contributed by atoms with Crippen molar-refractivity contribution >= 4 is 47.1 Å². The highest BCUT2D eigenvalue weighted by Crippen LogP contribution is 2.44. The Morgan fingerprint density at radius 2 is 1.58 bits per heavy atom. The highest BCUT2D eigenvalue weighted by Gasteiger charge is 2.41. The van der Waals surface area contributed by atoms with Crippen LogP contribution < -0.4 is 20.7 Å². The summed E-state index contributed by atoms with van der Waals surface area (Å²) >= 11 is 4.49. The molecule has 0 radical (unpaired) electrons. The van der Waals surface area contributed by atoms with Crippen molar-refractivity contribution in [2.24, 2.45) is 5.92 Å². The van der Waals surface area contributed by atoms with Gasteiger partial charge < -0.3 is 30.2 Å². The fraction of sp³-hybridized carbons (Fsp3) is 0.439. The predicted molar refractivity (Wildman–Crippen MR) is 209 cm³/mol. The lowest BCUT2D eigenvalue weighted by Crippen LogP contribution is -2.53. The zero-order chi connectivity index (χ0) is 38.7. The molecule has 3 aliphatic carbocycles. The van der Waals surface area contributed by atoms with E-state index in [1.807, 2.05) is 32.9 Å². The van der Waals surface area contributed by atoms with Gasteiger partial charge in [-0.3, -0.25) is 9.59 Å². The van der Waals surface area contributed by atoms with Crippen molar-refractivity contribution in [2.45, 2.75) is 97.8 Å². The minimum atomic E-state index is -0.764. The van der Waals surface area contributed by atoms with E-state index in [-0.39, 0.29) is 40.5 Å². The number of pyridine rings is 1. The van der Waals surface area contributed by atoms with Crippen LogP contribution >= 0.6 is 12.6 Å². The van der Waals surface area contributed by atoms with E-state index in [0.29, 0.717) is 34.1 Å². The number of aromatic nitrogens is 1. The molecule has 282 valence electrons.